The summed E-state index contributed by atoms with van der Waals surface area (Å²) in [6.07, 6.45) is 1.38. The van der Waals surface area contributed by atoms with Gasteiger partial charge >= 0.3 is 0 Å². The van der Waals surface area contributed by atoms with Gasteiger partial charge in [0.25, 0.3) is 0 Å². The number of oxazole rings is 1. The Labute approximate surface area is 154 Å². The van der Waals surface area contributed by atoms with E-state index in [9.17, 15) is 20.1 Å². The van der Waals surface area contributed by atoms with E-state index in [-0.39, 0.29) is 18.0 Å². The second-order valence-corrected chi connectivity index (χ2v) is 6.46. The average Bonchev–Trinajstić information content (AvgIpc) is 3.18. The molecule has 0 unspecified atom stereocenters. The lowest BCUT2D eigenvalue weighted by molar-refractivity contribution is -0.0403. The van der Waals surface area contributed by atoms with Crippen LogP contribution >= 0.6 is 0 Å². The summed E-state index contributed by atoms with van der Waals surface area (Å²) in [5, 5.41) is 28.9. The average molecular weight is 367 g/mol. The molecule has 2 aromatic carbocycles. The molecule has 0 atom stereocenters. The lowest BCUT2D eigenvalue weighted by atomic mass is 9.90. The monoisotopic (exact) mass is 367 g/mol. The SMILES string of the molecule is O=C1CC(CO)(CO)Oc2ccc(-c3ncc(-c4ccccc4O)o3)cc21. The molecule has 27 heavy (non-hydrogen) atoms. The number of ketones is 1. The van der Waals surface area contributed by atoms with Gasteiger partial charge in [0.05, 0.1) is 37.0 Å². The molecule has 2 heterocycles. The molecule has 0 spiro atoms. The fourth-order valence-corrected chi connectivity index (χ4v) is 3.07. The molecule has 1 aliphatic rings. The van der Waals surface area contributed by atoms with Crippen molar-refractivity contribution in [2.24, 2.45) is 0 Å². The van der Waals surface area contributed by atoms with Gasteiger partial charge in [-0.3, -0.25) is 4.79 Å². The van der Waals surface area contributed by atoms with E-state index in [1.54, 1.807) is 42.5 Å². The number of ether oxygens (including phenoxy) is 1. The number of aliphatic hydroxyl groups is 2. The number of para-hydroxylation sites is 1. The van der Waals surface area contributed by atoms with Gasteiger partial charge in [0, 0.05) is 5.56 Å². The molecule has 1 aromatic heterocycles. The lowest BCUT2D eigenvalue weighted by Gasteiger charge is -2.34. The van der Waals surface area contributed by atoms with Gasteiger partial charge in [-0.15, -0.1) is 0 Å². The number of phenolic OH excluding ortho intramolecular Hbond substituents is 1. The van der Waals surface area contributed by atoms with Gasteiger partial charge in [0.1, 0.15) is 11.5 Å². The Kier molecular flexibility index (Phi) is 4.18. The molecule has 7 nitrogen and oxygen atoms in total. The number of hydrogen-bond donors (Lipinski definition) is 3. The second-order valence-electron chi connectivity index (χ2n) is 6.46. The van der Waals surface area contributed by atoms with E-state index in [0.717, 1.165) is 0 Å². The number of hydrogen-bond acceptors (Lipinski definition) is 7. The minimum absolute atomic E-state index is 0.0820. The van der Waals surface area contributed by atoms with Crippen molar-refractivity contribution in [1.29, 1.82) is 0 Å². The van der Waals surface area contributed by atoms with E-state index < -0.39 is 18.8 Å². The van der Waals surface area contributed by atoms with Crippen LogP contribution < -0.4 is 4.74 Å². The molecule has 7 heteroatoms. The fourth-order valence-electron chi connectivity index (χ4n) is 3.07. The summed E-state index contributed by atoms with van der Waals surface area (Å²) in [6.45, 7) is -0.916. The molecule has 4 rings (SSSR count). The number of phenols is 1. The first kappa shape index (κ1) is 17.3. The number of nitrogens with zero attached hydrogens (tertiary/aromatic N) is 1. The maximum Gasteiger partial charge on any atom is 0.226 e. The highest BCUT2D eigenvalue weighted by Crippen LogP contribution is 2.37. The normalized spacial score (nSPS) is 15.3. The van der Waals surface area contributed by atoms with Gasteiger partial charge in [0.15, 0.2) is 17.1 Å². The summed E-state index contributed by atoms with van der Waals surface area (Å²) < 4.78 is 11.4. The minimum Gasteiger partial charge on any atom is -0.507 e. The molecule has 138 valence electrons. The Morgan fingerprint density at radius 2 is 1.85 bits per heavy atom. The molecular formula is C20H17NO6. The van der Waals surface area contributed by atoms with Crippen molar-refractivity contribution in [1.82, 2.24) is 4.98 Å². The van der Waals surface area contributed by atoms with Gasteiger partial charge < -0.3 is 24.5 Å². The van der Waals surface area contributed by atoms with E-state index >= 15 is 0 Å². The van der Waals surface area contributed by atoms with Crippen LogP contribution in [0.25, 0.3) is 22.8 Å². The summed E-state index contributed by atoms with van der Waals surface area (Å²) in [5.41, 5.74) is 0.136. The van der Waals surface area contributed by atoms with Gasteiger partial charge in [-0.25, -0.2) is 4.98 Å². The number of carbonyl (C=O) groups excluding carboxylic acids is 1. The molecule has 0 bridgehead atoms. The van der Waals surface area contributed by atoms with Crippen molar-refractivity contribution in [3.63, 3.8) is 0 Å². The topological polar surface area (TPSA) is 113 Å². The summed E-state index contributed by atoms with van der Waals surface area (Å²) >= 11 is 0. The van der Waals surface area contributed by atoms with E-state index in [0.29, 0.717) is 34.1 Å². The van der Waals surface area contributed by atoms with Crippen molar-refractivity contribution >= 4 is 5.78 Å². The third-order valence-corrected chi connectivity index (χ3v) is 4.59. The molecule has 0 aliphatic carbocycles. The van der Waals surface area contributed by atoms with Crippen LogP contribution in [0.3, 0.4) is 0 Å². The molecule has 3 aromatic rings. The maximum atomic E-state index is 12.5. The highest BCUT2D eigenvalue weighted by atomic mass is 16.5. The molecular weight excluding hydrogens is 350 g/mol. The van der Waals surface area contributed by atoms with E-state index in [1.165, 1.54) is 6.20 Å². The van der Waals surface area contributed by atoms with Gasteiger partial charge in [-0.1, -0.05) is 12.1 Å². The van der Waals surface area contributed by atoms with Crippen molar-refractivity contribution in [3.05, 3.63) is 54.2 Å². The number of Topliss-reactive ketones (excluding diaryl/α,β-unsaturated/α-hetero) is 1. The number of carbonyl (C=O) groups is 1. The molecule has 3 N–H and O–H groups in total. The predicted octanol–water partition coefficient (Wildman–Crippen LogP) is 2.40. The molecule has 0 radical (unpaired) electrons. The van der Waals surface area contributed by atoms with Crippen molar-refractivity contribution < 1.29 is 29.3 Å². The van der Waals surface area contributed by atoms with Crippen LogP contribution in [0.2, 0.25) is 0 Å². The highest BCUT2D eigenvalue weighted by molar-refractivity contribution is 6.01. The highest BCUT2D eigenvalue weighted by Gasteiger charge is 2.40. The Bertz CT molecular complexity index is 1010. The number of aromatic hydroxyl groups is 1. The van der Waals surface area contributed by atoms with Crippen molar-refractivity contribution in [2.45, 2.75) is 12.0 Å². The Morgan fingerprint density at radius 3 is 2.59 bits per heavy atom. The van der Waals surface area contributed by atoms with Crippen LogP contribution in [-0.4, -0.2) is 44.9 Å². The van der Waals surface area contributed by atoms with Crippen LogP contribution in [0.1, 0.15) is 16.8 Å². The largest absolute Gasteiger partial charge is 0.507 e. The lowest BCUT2D eigenvalue weighted by Crippen LogP contribution is -2.48. The third kappa shape index (κ3) is 2.97. The number of fused-ring (bicyclic) bond motifs is 1. The van der Waals surface area contributed by atoms with Crippen LogP contribution in [0.15, 0.2) is 53.1 Å². The number of aromatic nitrogens is 1. The van der Waals surface area contributed by atoms with Crippen LogP contribution in [0.4, 0.5) is 0 Å². The van der Waals surface area contributed by atoms with E-state index in [2.05, 4.69) is 4.98 Å². The van der Waals surface area contributed by atoms with Gasteiger partial charge in [0.2, 0.25) is 5.89 Å². The van der Waals surface area contributed by atoms with Gasteiger partial charge in [-0.05, 0) is 30.3 Å². The van der Waals surface area contributed by atoms with E-state index in [1.807, 2.05) is 0 Å². The van der Waals surface area contributed by atoms with Gasteiger partial charge in [-0.2, -0.15) is 0 Å². The molecule has 0 saturated heterocycles. The number of benzene rings is 2. The maximum absolute atomic E-state index is 12.5. The predicted molar refractivity (Wildman–Crippen MR) is 95.5 cm³/mol. The Hall–Kier alpha value is -3.16. The first-order chi connectivity index (χ1) is 13.0. The summed E-state index contributed by atoms with van der Waals surface area (Å²) in [4.78, 5) is 16.7. The smallest absolute Gasteiger partial charge is 0.226 e. The van der Waals surface area contributed by atoms with Crippen molar-refractivity contribution in [3.8, 4) is 34.3 Å². The quantitative estimate of drug-likeness (QED) is 0.649. The van der Waals surface area contributed by atoms with Crippen LogP contribution in [-0.2, 0) is 0 Å². The zero-order valence-corrected chi connectivity index (χ0v) is 14.3. The first-order valence-corrected chi connectivity index (χ1v) is 8.38. The summed E-state index contributed by atoms with van der Waals surface area (Å²) in [5.74, 6) is 0.839. The third-order valence-electron chi connectivity index (χ3n) is 4.59. The zero-order valence-electron chi connectivity index (χ0n) is 14.3. The molecule has 1 aliphatic heterocycles. The zero-order chi connectivity index (χ0) is 19.0. The van der Waals surface area contributed by atoms with Crippen molar-refractivity contribution in [2.75, 3.05) is 13.2 Å². The van der Waals surface area contributed by atoms with E-state index in [4.69, 9.17) is 9.15 Å². The molecule has 0 amide bonds. The molecule has 0 saturated carbocycles. The summed E-state index contributed by atoms with van der Waals surface area (Å²) in [7, 11) is 0. The second kappa shape index (κ2) is 6.53. The van der Waals surface area contributed by atoms with Crippen LogP contribution in [0.5, 0.6) is 11.5 Å². The molecule has 0 fully saturated rings. The summed E-state index contributed by atoms with van der Waals surface area (Å²) in [6, 6.07) is 11.6. The fraction of sp³-hybridized carbons (Fsp3) is 0.200. The Morgan fingerprint density at radius 1 is 1.07 bits per heavy atom. The standard InChI is InChI=1S/C20H17NO6/c22-10-20(11-23)8-16(25)14-7-12(5-6-17(14)27-20)19-21-9-18(26-19)13-3-1-2-4-15(13)24/h1-7,9,22-24H,8,10-11H2. The minimum atomic E-state index is -1.30. The first-order valence-electron chi connectivity index (χ1n) is 8.38. The Balaban J connectivity index is 1.69. The number of aliphatic hydroxyl groups excluding tert-OH is 2. The number of rotatable bonds is 4. The van der Waals surface area contributed by atoms with Crippen LogP contribution in [0, 0.1) is 0 Å².